The molecular formula is C20H19NO3. The molecule has 0 saturated carbocycles. The molecule has 0 unspecified atom stereocenters. The Morgan fingerprint density at radius 2 is 1.67 bits per heavy atom. The van der Waals surface area contributed by atoms with Gasteiger partial charge in [-0.3, -0.25) is 4.79 Å². The van der Waals surface area contributed by atoms with Gasteiger partial charge < -0.3 is 14.5 Å². The van der Waals surface area contributed by atoms with Crippen molar-refractivity contribution < 1.29 is 13.9 Å². The Morgan fingerprint density at radius 1 is 0.917 bits per heavy atom. The topological polar surface area (TPSA) is 51.5 Å². The van der Waals surface area contributed by atoms with Crippen LogP contribution >= 0.6 is 0 Å². The second kappa shape index (κ2) is 8.02. The van der Waals surface area contributed by atoms with E-state index < -0.39 is 0 Å². The number of furan rings is 1. The summed E-state index contributed by atoms with van der Waals surface area (Å²) in [6, 6.07) is 21.6. The molecule has 0 atom stereocenters. The van der Waals surface area contributed by atoms with E-state index in [0.29, 0.717) is 18.7 Å². The Balaban J connectivity index is 1.43. The SMILES string of the molecule is O=C(COc1ccc(-c2ccccc2)cc1)NCCc1ccco1. The van der Waals surface area contributed by atoms with Crippen LogP contribution in [0.4, 0.5) is 0 Å². The Morgan fingerprint density at radius 3 is 2.38 bits per heavy atom. The van der Waals surface area contributed by atoms with Crippen molar-refractivity contribution in [2.75, 3.05) is 13.2 Å². The normalized spacial score (nSPS) is 10.3. The lowest BCUT2D eigenvalue weighted by Crippen LogP contribution is -2.30. The van der Waals surface area contributed by atoms with Gasteiger partial charge in [0.2, 0.25) is 0 Å². The molecule has 0 aliphatic heterocycles. The van der Waals surface area contributed by atoms with Gasteiger partial charge in [0, 0.05) is 13.0 Å². The number of benzene rings is 2. The van der Waals surface area contributed by atoms with E-state index in [4.69, 9.17) is 9.15 Å². The molecule has 1 amide bonds. The molecule has 1 heterocycles. The molecule has 1 aromatic heterocycles. The maximum atomic E-state index is 11.8. The first-order chi connectivity index (χ1) is 11.8. The number of hydrogen-bond donors (Lipinski definition) is 1. The second-order valence-corrected chi connectivity index (χ2v) is 5.36. The summed E-state index contributed by atoms with van der Waals surface area (Å²) in [6.07, 6.45) is 2.30. The summed E-state index contributed by atoms with van der Waals surface area (Å²) >= 11 is 0. The smallest absolute Gasteiger partial charge is 0.257 e. The summed E-state index contributed by atoms with van der Waals surface area (Å²) < 4.78 is 10.7. The van der Waals surface area contributed by atoms with Crippen molar-refractivity contribution >= 4 is 5.91 Å². The lowest BCUT2D eigenvalue weighted by Gasteiger charge is -2.08. The zero-order chi connectivity index (χ0) is 16.6. The maximum absolute atomic E-state index is 11.8. The molecule has 0 aliphatic carbocycles. The van der Waals surface area contributed by atoms with E-state index in [9.17, 15) is 4.79 Å². The van der Waals surface area contributed by atoms with E-state index >= 15 is 0 Å². The van der Waals surface area contributed by atoms with E-state index in [0.717, 1.165) is 16.9 Å². The van der Waals surface area contributed by atoms with E-state index in [2.05, 4.69) is 17.4 Å². The molecule has 0 saturated heterocycles. The van der Waals surface area contributed by atoms with Crippen LogP contribution in [-0.4, -0.2) is 19.1 Å². The van der Waals surface area contributed by atoms with Crippen molar-refractivity contribution in [2.45, 2.75) is 6.42 Å². The summed E-state index contributed by atoms with van der Waals surface area (Å²) in [5, 5.41) is 2.80. The minimum Gasteiger partial charge on any atom is -0.484 e. The highest BCUT2D eigenvalue weighted by atomic mass is 16.5. The number of hydrogen-bond acceptors (Lipinski definition) is 3. The van der Waals surface area contributed by atoms with E-state index in [1.165, 1.54) is 0 Å². The van der Waals surface area contributed by atoms with Crippen molar-refractivity contribution in [3.8, 4) is 16.9 Å². The molecule has 24 heavy (non-hydrogen) atoms. The van der Waals surface area contributed by atoms with Crippen LogP contribution in [0, 0.1) is 0 Å². The van der Waals surface area contributed by atoms with Crippen LogP contribution in [0.25, 0.3) is 11.1 Å². The van der Waals surface area contributed by atoms with Gasteiger partial charge in [-0.05, 0) is 35.4 Å². The van der Waals surface area contributed by atoms with Gasteiger partial charge in [0.05, 0.1) is 6.26 Å². The lowest BCUT2D eigenvalue weighted by atomic mass is 10.1. The second-order valence-electron chi connectivity index (χ2n) is 5.36. The predicted molar refractivity (Wildman–Crippen MR) is 92.8 cm³/mol. The van der Waals surface area contributed by atoms with Crippen molar-refractivity contribution in [2.24, 2.45) is 0 Å². The number of carbonyl (C=O) groups is 1. The van der Waals surface area contributed by atoms with Crippen LogP contribution in [-0.2, 0) is 11.2 Å². The van der Waals surface area contributed by atoms with Crippen molar-refractivity contribution in [1.29, 1.82) is 0 Å². The first-order valence-electron chi connectivity index (χ1n) is 7.88. The molecule has 122 valence electrons. The predicted octanol–water partition coefficient (Wildman–Crippen LogP) is 3.68. The lowest BCUT2D eigenvalue weighted by molar-refractivity contribution is -0.123. The number of rotatable bonds is 7. The quantitative estimate of drug-likeness (QED) is 0.722. The largest absolute Gasteiger partial charge is 0.484 e. The van der Waals surface area contributed by atoms with Gasteiger partial charge in [-0.2, -0.15) is 0 Å². The minimum absolute atomic E-state index is 0.00282. The van der Waals surface area contributed by atoms with Crippen LogP contribution in [0.2, 0.25) is 0 Å². The summed E-state index contributed by atoms with van der Waals surface area (Å²) in [5.41, 5.74) is 2.27. The minimum atomic E-state index is -0.145. The molecule has 3 aromatic rings. The van der Waals surface area contributed by atoms with Crippen LogP contribution < -0.4 is 10.1 Å². The van der Waals surface area contributed by atoms with E-state index in [1.54, 1.807) is 6.26 Å². The average Bonchev–Trinajstić information content (AvgIpc) is 3.15. The molecule has 2 aromatic carbocycles. The molecule has 0 radical (unpaired) electrons. The third-order valence-electron chi connectivity index (χ3n) is 3.61. The Kier molecular flexibility index (Phi) is 5.30. The van der Waals surface area contributed by atoms with Crippen LogP contribution in [0.15, 0.2) is 77.4 Å². The highest BCUT2D eigenvalue weighted by molar-refractivity contribution is 5.77. The molecule has 0 spiro atoms. The number of carbonyl (C=O) groups excluding carboxylic acids is 1. The number of nitrogens with one attached hydrogen (secondary N) is 1. The summed E-state index contributed by atoms with van der Waals surface area (Å²) in [7, 11) is 0. The number of ether oxygens (including phenoxy) is 1. The summed E-state index contributed by atoms with van der Waals surface area (Å²) in [5.74, 6) is 1.39. The molecule has 0 bridgehead atoms. The highest BCUT2D eigenvalue weighted by Crippen LogP contribution is 2.21. The van der Waals surface area contributed by atoms with Gasteiger partial charge in [-0.15, -0.1) is 0 Å². The van der Waals surface area contributed by atoms with Gasteiger partial charge in [0.25, 0.3) is 5.91 Å². The fourth-order valence-corrected chi connectivity index (χ4v) is 2.35. The third-order valence-corrected chi connectivity index (χ3v) is 3.61. The Hall–Kier alpha value is -3.01. The molecule has 1 N–H and O–H groups in total. The fraction of sp³-hybridized carbons (Fsp3) is 0.150. The van der Waals surface area contributed by atoms with Crippen LogP contribution in [0.1, 0.15) is 5.76 Å². The Bertz CT molecular complexity index is 749. The maximum Gasteiger partial charge on any atom is 0.257 e. The number of amides is 1. The van der Waals surface area contributed by atoms with Gasteiger partial charge in [0.15, 0.2) is 6.61 Å². The molecule has 4 heteroatoms. The van der Waals surface area contributed by atoms with Gasteiger partial charge in [-0.1, -0.05) is 42.5 Å². The average molecular weight is 321 g/mol. The standard InChI is InChI=1S/C20H19NO3/c22-20(21-13-12-18-7-4-14-23-18)15-24-19-10-8-17(9-11-19)16-5-2-1-3-6-16/h1-11,14H,12-13,15H2,(H,21,22). The van der Waals surface area contributed by atoms with Gasteiger partial charge in [0.1, 0.15) is 11.5 Å². The first-order valence-corrected chi connectivity index (χ1v) is 7.88. The Labute approximate surface area is 141 Å². The van der Waals surface area contributed by atoms with Crippen molar-refractivity contribution in [1.82, 2.24) is 5.32 Å². The van der Waals surface area contributed by atoms with Crippen molar-refractivity contribution in [3.63, 3.8) is 0 Å². The third kappa shape index (κ3) is 4.49. The molecule has 4 nitrogen and oxygen atoms in total. The molecule has 3 rings (SSSR count). The summed E-state index contributed by atoms with van der Waals surface area (Å²) in [4.78, 5) is 11.8. The highest BCUT2D eigenvalue weighted by Gasteiger charge is 2.04. The van der Waals surface area contributed by atoms with Crippen LogP contribution in [0.5, 0.6) is 5.75 Å². The zero-order valence-electron chi connectivity index (χ0n) is 13.3. The monoisotopic (exact) mass is 321 g/mol. The molecule has 0 aliphatic rings. The zero-order valence-corrected chi connectivity index (χ0v) is 13.3. The van der Waals surface area contributed by atoms with Crippen LogP contribution in [0.3, 0.4) is 0 Å². The van der Waals surface area contributed by atoms with Crippen molar-refractivity contribution in [3.05, 3.63) is 78.8 Å². The van der Waals surface area contributed by atoms with E-state index in [-0.39, 0.29) is 12.5 Å². The van der Waals surface area contributed by atoms with Gasteiger partial charge in [-0.25, -0.2) is 0 Å². The fourth-order valence-electron chi connectivity index (χ4n) is 2.35. The first kappa shape index (κ1) is 15.9. The molecule has 0 fully saturated rings. The summed E-state index contributed by atoms with van der Waals surface area (Å²) in [6.45, 7) is 0.533. The van der Waals surface area contributed by atoms with Gasteiger partial charge >= 0.3 is 0 Å². The molecular weight excluding hydrogens is 302 g/mol. The van der Waals surface area contributed by atoms with E-state index in [1.807, 2.05) is 54.6 Å².